The van der Waals surface area contributed by atoms with E-state index in [9.17, 15) is 4.79 Å². The number of amides is 1. The first-order valence-electron chi connectivity index (χ1n) is 10.4. The number of rotatable bonds is 3. The molecule has 0 aliphatic carbocycles. The number of methoxy groups -OCH3 is 1. The fourth-order valence-electron chi connectivity index (χ4n) is 4.40. The van der Waals surface area contributed by atoms with E-state index >= 15 is 0 Å². The van der Waals surface area contributed by atoms with Crippen molar-refractivity contribution in [3.63, 3.8) is 0 Å². The molecule has 6 heteroatoms. The average Bonchev–Trinajstić information content (AvgIpc) is 3.31. The van der Waals surface area contributed by atoms with Crippen molar-refractivity contribution in [2.75, 3.05) is 26.9 Å². The summed E-state index contributed by atoms with van der Waals surface area (Å²) in [6.07, 6.45) is 2.74. The first-order valence-corrected chi connectivity index (χ1v) is 10.4. The number of hydrogen-bond acceptors (Lipinski definition) is 5. The van der Waals surface area contributed by atoms with E-state index in [4.69, 9.17) is 18.6 Å². The van der Waals surface area contributed by atoms with E-state index in [2.05, 4.69) is 0 Å². The highest BCUT2D eigenvalue weighted by atomic mass is 16.5. The molecule has 5 rings (SSSR count). The van der Waals surface area contributed by atoms with Gasteiger partial charge in [0.25, 0.3) is 5.91 Å². The molecule has 0 N–H and O–H groups in total. The van der Waals surface area contributed by atoms with E-state index in [0.717, 1.165) is 53.0 Å². The number of hydrogen-bond donors (Lipinski definition) is 0. The summed E-state index contributed by atoms with van der Waals surface area (Å²) in [5.41, 5.74) is 2.61. The van der Waals surface area contributed by atoms with Crippen molar-refractivity contribution in [1.29, 1.82) is 0 Å². The number of nitrogens with zero attached hydrogens (tertiary/aromatic N) is 1. The van der Waals surface area contributed by atoms with E-state index < -0.39 is 0 Å². The topological polar surface area (TPSA) is 61.1 Å². The van der Waals surface area contributed by atoms with Crippen LogP contribution in [0.3, 0.4) is 0 Å². The van der Waals surface area contributed by atoms with Crippen LogP contribution in [-0.4, -0.2) is 37.7 Å². The normalized spacial score (nSPS) is 18.5. The van der Waals surface area contributed by atoms with E-state index in [1.165, 1.54) is 0 Å². The van der Waals surface area contributed by atoms with Gasteiger partial charge < -0.3 is 23.5 Å². The maximum atomic E-state index is 13.5. The fraction of sp³-hybridized carbons (Fsp3) is 0.375. The summed E-state index contributed by atoms with van der Waals surface area (Å²) in [6.45, 7) is 3.94. The number of likely N-dealkylation sites (tertiary alicyclic amines) is 1. The van der Waals surface area contributed by atoms with Gasteiger partial charge in [-0.15, -0.1) is 0 Å². The second-order valence-electron chi connectivity index (χ2n) is 7.83. The molecule has 30 heavy (non-hydrogen) atoms. The lowest BCUT2D eigenvalue weighted by atomic mass is 10.0. The average molecular weight is 407 g/mol. The Labute approximate surface area is 175 Å². The van der Waals surface area contributed by atoms with Crippen LogP contribution in [-0.2, 0) is 0 Å². The molecule has 3 aromatic rings. The first-order chi connectivity index (χ1) is 14.7. The SMILES string of the molecule is COc1ccc2oc(C(=O)N3CCC[C@@H]3c3ccc4c(c3)OCCCO4)c(C)c2c1. The van der Waals surface area contributed by atoms with Crippen LogP contribution in [0.25, 0.3) is 11.0 Å². The number of aryl methyl sites for hydroxylation is 1. The predicted molar refractivity (Wildman–Crippen MR) is 113 cm³/mol. The third-order valence-electron chi connectivity index (χ3n) is 6.01. The molecule has 1 saturated heterocycles. The molecule has 1 fully saturated rings. The van der Waals surface area contributed by atoms with Gasteiger partial charge in [0, 0.05) is 23.9 Å². The lowest BCUT2D eigenvalue weighted by Crippen LogP contribution is -2.30. The molecule has 2 aliphatic rings. The Bertz CT molecular complexity index is 1100. The zero-order chi connectivity index (χ0) is 20.7. The van der Waals surface area contributed by atoms with Crippen molar-refractivity contribution in [2.45, 2.75) is 32.2 Å². The minimum atomic E-state index is -0.0720. The van der Waals surface area contributed by atoms with Crippen LogP contribution in [0.2, 0.25) is 0 Å². The lowest BCUT2D eigenvalue weighted by Gasteiger charge is -2.25. The Balaban J connectivity index is 1.47. The highest BCUT2D eigenvalue weighted by Crippen LogP contribution is 2.39. The lowest BCUT2D eigenvalue weighted by molar-refractivity contribution is 0.0704. The Morgan fingerprint density at radius 3 is 2.73 bits per heavy atom. The van der Waals surface area contributed by atoms with E-state index in [1.54, 1.807) is 7.11 Å². The zero-order valence-electron chi connectivity index (χ0n) is 17.3. The highest BCUT2D eigenvalue weighted by Gasteiger charge is 2.34. The second kappa shape index (κ2) is 7.59. The van der Waals surface area contributed by atoms with Crippen molar-refractivity contribution in [1.82, 2.24) is 4.90 Å². The molecular formula is C24H25NO5. The van der Waals surface area contributed by atoms with Crippen molar-refractivity contribution in [3.05, 3.63) is 53.3 Å². The van der Waals surface area contributed by atoms with Gasteiger partial charge >= 0.3 is 0 Å². The summed E-state index contributed by atoms with van der Waals surface area (Å²) in [5, 5.41) is 0.907. The van der Waals surface area contributed by atoms with Gasteiger partial charge in [-0.25, -0.2) is 0 Å². The van der Waals surface area contributed by atoms with Gasteiger partial charge in [0.2, 0.25) is 0 Å². The second-order valence-corrected chi connectivity index (χ2v) is 7.83. The van der Waals surface area contributed by atoms with Gasteiger partial charge in [0.05, 0.1) is 26.4 Å². The molecule has 2 aromatic carbocycles. The molecule has 3 heterocycles. The molecule has 2 aliphatic heterocycles. The zero-order valence-corrected chi connectivity index (χ0v) is 17.3. The molecule has 0 spiro atoms. The minimum absolute atomic E-state index is 0.00296. The first kappa shape index (κ1) is 18.9. The molecule has 0 bridgehead atoms. The third-order valence-corrected chi connectivity index (χ3v) is 6.01. The van der Waals surface area contributed by atoms with Gasteiger partial charge in [-0.05, 0) is 55.7 Å². The van der Waals surface area contributed by atoms with Crippen LogP contribution >= 0.6 is 0 Å². The summed E-state index contributed by atoms with van der Waals surface area (Å²) < 4.78 is 22.9. The predicted octanol–water partition coefficient (Wildman–Crippen LogP) is 4.89. The number of carbonyl (C=O) groups excluding carboxylic acids is 1. The number of carbonyl (C=O) groups is 1. The largest absolute Gasteiger partial charge is 0.497 e. The summed E-state index contributed by atoms with van der Waals surface area (Å²) in [4.78, 5) is 15.4. The standard InChI is InChI=1S/C24H25NO5/c1-15-18-14-17(27-2)7-9-20(18)30-23(15)24(26)25-10-3-5-19(25)16-6-8-21-22(13-16)29-12-4-11-28-21/h6-9,13-14,19H,3-5,10-12H2,1-2H3/t19-/m1/s1. The number of furan rings is 1. The smallest absolute Gasteiger partial charge is 0.290 e. The maximum Gasteiger partial charge on any atom is 0.290 e. The molecule has 6 nitrogen and oxygen atoms in total. The van der Waals surface area contributed by atoms with Crippen LogP contribution in [0.15, 0.2) is 40.8 Å². The Morgan fingerprint density at radius 2 is 1.90 bits per heavy atom. The summed E-state index contributed by atoms with van der Waals surface area (Å²) in [6, 6.07) is 11.6. The molecule has 0 unspecified atom stereocenters. The minimum Gasteiger partial charge on any atom is -0.497 e. The van der Waals surface area contributed by atoms with Gasteiger partial charge in [0.1, 0.15) is 11.3 Å². The quantitative estimate of drug-likeness (QED) is 0.619. The third kappa shape index (κ3) is 3.16. The van der Waals surface area contributed by atoms with Crippen LogP contribution in [0.4, 0.5) is 0 Å². The molecular weight excluding hydrogens is 382 g/mol. The molecule has 0 radical (unpaired) electrons. The molecule has 0 saturated carbocycles. The van der Waals surface area contributed by atoms with Gasteiger partial charge in [-0.3, -0.25) is 4.79 Å². The van der Waals surface area contributed by atoms with Crippen molar-refractivity contribution >= 4 is 16.9 Å². The van der Waals surface area contributed by atoms with E-state index in [-0.39, 0.29) is 11.9 Å². The maximum absolute atomic E-state index is 13.5. The van der Waals surface area contributed by atoms with Crippen LogP contribution in [0.5, 0.6) is 17.2 Å². The monoisotopic (exact) mass is 407 g/mol. The molecule has 156 valence electrons. The Hall–Kier alpha value is -3.15. The highest BCUT2D eigenvalue weighted by molar-refractivity contribution is 5.99. The van der Waals surface area contributed by atoms with Crippen molar-refractivity contribution < 1.29 is 23.4 Å². The summed E-state index contributed by atoms with van der Waals surface area (Å²) >= 11 is 0. The summed E-state index contributed by atoms with van der Waals surface area (Å²) in [7, 11) is 1.63. The molecule has 1 aromatic heterocycles. The van der Waals surface area contributed by atoms with Gasteiger partial charge in [-0.1, -0.05) is 6.07 Å². The van der Waals surface area contributed by atoms with Crippen LogP contribution in [0, 0.1) is 6.92 Å². The molecule has 1 atom stereocenters. The van der Waals surface area contributed by atoms with Crippen LogP contribution in [0.1, 0.15) is 47.0 Å². The molecule has 1 amide bonds. The summed E-state index contributed by atoms with van der Waals surface area (Å²) in [5.74, 6) is 2.61. The van der Waals surface area contributed by atoms with Gasteiger partial charge in [-0.2, -0.15) is 0 Å². The number of benzene rings is 2. The van der Waals surface area contributed by atoms with E-state index in [0.29, 0.717) is 31.1 Å². The fourth-order valence-corrected chi connectivity index (χ4v) is 4.40. The van der Waals surface area contributed by atoms with Gasteiger partial charge in [0.15, 0.2) is 17.3 Å². The van der Waals surface area contributed by atoms with Crippen LogP contribution < -0.4 is 14.2 Å². The van der Waals surface area contributed by atoms with Crippen molar-refractivity contribution in [3.8, 4) is 17.2 Å². The number of fused-ring (bicyclic) bond motifs is 2. The number of ether oxygens (including phenoxy) is 3. The Kier molecular flexibility index (Phi) is 4.77. The Morgan fingerprint density at radius 1 is 1.07 bits per heavy atom. The van der Waals surface area contributed by atoms with Crippen molar-refractivity contribution in [2.24, 2.45) is 0 Å². The van der Waals surface area contributed by atoms with E-state index in [1.807, 2.05) is 48.2 Å².